The standard InChI is InChI=1S/C7H10N6S/c8-6-5-7(14-11-6)9-1-3-13-4-2-10-12-13/h2,4-5,9H,1,3H2,(H2,8,11). The van der Waals surface area contributed by atoms with Crippen LogP contribution in [-0.2, 0) is 6.54 Å². The van der Waals surface area contributed by atoms with E-state index in [4.69, 9.17) is 5.73 Å². The van der Waals surface area contributed by atoms with Crippen LogP contribution >= 0.6 is 11.5 Å². The molecule has 0 unspecified atom stereocenters. The van der Waals surface area contributed by atoms with E-state index in [0.717, 1.165) is 18.1 Å². The van der Waals surface area contributed by atoms with Crippen molar-refractivity contribution < 1.29 is 0 Å². The number of hydrogen-bond donors (Lipinski definition) is 2. The predicted octanol–water partition coefficient (Wildman–Crippen LogP) is 0.429. The van der Waals surface area contributed by atoms with Crippen molar-refractivity contribution in [2.45, 2.75) is 6.54 Å². The highest BCUT2D eigenvalue weighted by molar-refractivity contribution is 7.10. The summed E-state index contributed by atoms with van der Waals surface area (Å²) in [6, 6.07) is 1.81. The highest BCUT2D eigenvalue weighted by Gasteiger charge is 1.97. The van der Waals surface area contributed by atoms with Crippen LogP contribution in [0.5, 0.6) is 0 Å². The minimum absolute atomic E-state index is 0.554. The zero-order chi connectivity index (χ0) is 9.80. The molecule has 0 aliphatic heterocycles. The second kappa shape index (κ2) is 4.05. The van der Waals surface area contributed by atoms with Crippen molar-refractivity contribution in [3.8, 4) is 0 Å². The third-order valence-electron chi connectivity index (χ3n) is 1.64. The van der Waals surface area contributed by atoms with Crippen LogP contribution in [-0.4, -0.2) is 25.9 Å². The van der Waals surface area contributed by atoms with E-state index in [2.05, 4.69) is 20.0 Å². The predicted molar refractivity (Wildman–Crippen MR) is 55.0 cm³/mol. The van der Waals surface area contributed by atoms with Crippen LogP contribution in [0.1, 0.15) is 0 Å². The summed E-state index contributed by atoms with van der Waals surface area (Å²) in [5.74, 6) is 0.554. The summed E-state index contributed by atoms with van der Waals surface area (Å²) in [4.78, 5) is 0. The molecular weight excluding hydrogens is 200 g/mol. The summed E-state index contributed by atoms with van der Waals surface area (Å²) in [5.41, 5.74) is 5.48. The number of nitrogens with one attached hydrogen (secondary N) is 1. The summed E-state index contributed by atoms with van der Waals surface area (Å²) in [7, 11) is 0. The van der Waals surface area contributed by atoms with Gasteiger partial charge in [0.2, 0.25) is 0 Å². The maximum Gasteiger partial charge on any atom is 0.139 e. The second-order valence-corrected chi connectivity index (χ2v) is 3.51. The van der Waals surface area contributed by atoms with Crippen LogP contribution in [0.4, 0.5) is 10.8 Å². The molecule has 0 atom stereocenters. The Balaban J connectivity index is 1.78. The van der Waals surface area contributed by atoms with Gasteiger partial charge in [-0.25, -0.2) is 0 Å². The van der Waals surface area contributed by atoms with E-state index in [9.17, 15) is 0 Å². The van der Waals surface area contributed by atoms with Crippen LogP contribution < -0.4 is 11.1 Å². The number of nitrogens with two attached hydrogens (primary N) is 1. The molecule has 2 aromatic heterocycles. The Morgan fingerprint density at radius 2 is 2.50 bits per heavy atom. The van der Waals surface area contributed by atoms with Crippen molar-refractivity contribution >= 4 is 22.4 Å². The fraction of sp³-hybridized carbons (Fsp3) is 0.286. The van der Waals surface area contributed by atoms with Gasteiger partial charge in [-0.2, -0.15) is 4.37 Å². The number of nitrogen functional groups attached to an aromatic ring is 1. The lowest BCUT2D eigenvalue weighted by atomic mass is 10.5. The van der Waals surface area contributed by atoms with Gasteiger partial charge < -0.3 is 11.1 Å². The molecule has 0 saturated carbocycles. The molecule has 3 N–H and O–H groups in total. The summed E-state index contributed by atoms with van der Waals surface area (Å²) >= 11 is 1.36. The minimum atomic E-state index is 0.554. The van der Waals surface area contributed by atoms with E-state index in [-0.39, 0.29) is 0 Å². The highest BCUT2D eigenvalue weighted by atomic mass is 32.1. The lowest BCUT2D eigenvalue weighted by Crippen LogP contribution is -2.10. The molecule has 0 aliphatic carbocycles. The third kappa shape index (κ3) is 2.19. The molecule has 2 heterocycles. The van der Waals surface area contributed by atoms with Gasteiger partial charge in [-0.1, -0.05) is 5.21 Å². The van der Waals surface area contributed by atoms with Gasteiger partial charge in [0.05, 0.1) is 12.7 Å². The quantitative estimate of drug-likeness (QED) is 0.764. The topological polar surface area (TPSA) is 81.6 Å². The van der Waals surface area contributed by atoms with Gasteiger partial charge in [-0.05, 0) is 11.5 Å². The minimum Gasteiger partial charge on any atom is -0.383 e. The average Bonchev–Trinajstić information content (AvgIpc) is 2.77. The van der Waals surface area contributed by atoms with Gasteiger partial charge in [0.15, 0.2) is 0 Å². The molecule has 74 valence electrons. The Morgan fingerprint density at radius 3 is 3.14 bits per heavy atom. The average molecular weight is 210 g/mol. The molecule has 14 heavy (non-hydrogen) atoms. The number of rotatable bonds is 4. The van der Waals surface area contributed by atoms with Gasteiger partial charge in [-0.15, -0.1) is 5.10 Å². The van der Waals surface area contributed by atoms with Gasteiger partial charge >= 0.3 is 0 Å². The van der Waals surface area contributed by atoms with E-state index in [1.165, 1.54) is 11.5 Å². The molecule has 0 radical (unpaired) electrons. The SMILES string of the molecule is Nc1cc(NCCn2ccnn2)sn1. The van der Waals surface area contributed by atoms with Gasteiger partial charge in [0.1, 0.15) is 10.8 Å². The van der Waals surface area contributed by atoms with Gasteiger partial charge in [0, 0.05) is 18.8 Å². The van der Waals surface area contributed by atoms with Crippen molar-refractivity contribution in [3.05, 3.63) is 18.5 Å². The molecule has 2 aromatic rings. The summed E-state index contributed by atoms with van der Waals surface area (Å²) in [6.07, 6.45) is 3.48. The Labute approximate surface area is 84.9 Å². The normalized spacial score (nSPS) is 10.3. The molecule has 0 aliphatic rings. The number of hydrogen-bond acceptors (Lipinski definition) is 6. The summed E-state index contributed by atoms with van der Waals surface area (Å²) in [5, 5.41) is 11.7. The van der Waals surface area contributed by atoms with Crippen LogP contribution in [0.25, 0.3) is 0 Å². The van der Waals surface area contributed by atoms with Crippen molar-refractivity contribution in [1.82, 2.24) is 19.4 Å². The third-order valence-corrected chi connectivity index (χ3v) is 2.40. The first-order valence-electron chi connectivity index (χ1n) is 4.15. The lowest BCUT2D eigenvalue weighted by molar-refractivity contribution is 0.609. The smallest absolute Gasteiger partial charge is 0.139 e. The van der Waals surface area contributed by atoms with Crippen LogP contribution in [0.3, 0.4) is 0 Å². The fourth-order valence-electron chi connectivity index (χ4n) is 1.02. The highest BCUT2D eigenvalue weighted by Crippen LogP contribution is 2.16. The summed E-state index contributed by atoms with van der Waals surface area (Å²) < 4.78 is 5.72. The summed E-state index contributed by atoms with van der Waals surface area (Å²) in [6.45, 7) is 1.56. The van der Waals surface area contributed by atoms with E-state index >= 15 is 0 Å². The molecule has 6 nitrogen and oxygen atoms in total. The first-order chi connectivity index (χ1) is 6.84. The van der Waals surface area contributed by atoms with Crippen LogP contribution in [0, 0.1) is 0 Å². The molecule has 0 aromatic carbocycles. The fourth-order valence-corrected chi connectivity index (χ4v) is 1.61. The molecule has 0 spiro atoms. The molecule has 0 fully saturated rings. The van der Waals surface area contributed by atoms with E-state index < -0.39 is 0 Å². The molecular formula is C7H10N6S. The van der Waals surface area contributed by atoms with Gasteiger partial charge in [0.25, 0.3) is 0 Å². The maximum absolute atomic E-state index is 5.48. The zero-order valence-electron chi connectivity index (χ0n) is 7.42. The largest absolute Gasteiger partial charge is 0.383 e. The second-order valence-electron chi connectivity index (χ2n) is 2.71. The van der Waals surface area contributed by atoms with Crippen LogP contribution in [0.15, 0.2) is 18.5 Å². The number of aromatic nitrogens is 4. The Kier molecular flexibility index (Phi) is 2.59. The number of nitrogens with zero attached hydrogens (tertiary/aromatic N) is 4. The molecule has 0 amide bonds. The first-order valence-corrected chi connectivity index (χ1v) is 4.92. The Bertz CT molecular complexity index is 381. The van der Waals surface area contributed by atoms with Gasteiger partial charge in [-0.3, -0.25) is 4.68 Å². The maximum atomic E-state index is 5.48. The van der Waals surface area contributed by atoms with E-state index in [1.54, 1.807) is 10.9 Å². The number of anilines is 2. The van der Waals surface area contributed by atoms with Crippen molar-refractivity contribution in [3.63, 3.8) is 0 Å². The monoisotopic (exact) mass is 210 g/mol. The Hall–Kier alpha value is -1.63. The van der Waals surface area contributed by atoms with Crippen molar-refractivity contribution in [1.29, 1.82) is 0 Å². The van der Waals surface area contributed by atoms with Crippen LogP contribution in [0.2, 0.25) is 0 Å². The Morgan fingerprint density at radius 1 is 1.57 bits per heavy atom. The molecule has 2 rings (SSSR count). The van der Waals surface area contributed by atoms with Crippen molar-refractivity contribution in [2.75, 3.05) is 17.6 Å². The zero-order valence-corrected chi connectivity index (χ0v) is 8.24. The van der Waals surface area contributed by atoms with Crippen molar-refractivity contribution in [2.24, 2.45) is 0 Å². The lowest BCUT2D eigenvalue weighted by Gasteiger charge is -2.01. The van der Waals surface area contributed by atoms with E-state index in [1.807, 2.05) is 12.3 Å². The molecule has 7 heteroatoms. The molecule has 0 bridgehead atoms. The first kappa shape index (κ1) is 8.95. The van der Waals surface area contributed by atoms with E-state index in [0.29, 0.717) is 5.82 Å². The molecule has 0 saturated heterocycles.